The van der Waals surface area contributed by atoms with Crippen molar-refractivity contribution < 1.29 is 13.9 Å². The average Bonchev–Trinajstić information content (AvgIpc) is 2.99. The van der Waals surface area contributed by atoms with Gasteiger partial charge in [0, 0.05) is 25.2 Å². The maximum absolute atomic E-state index is 14.0. The summed E-state index contributed by atoms with van der Waals surface area (Å²) in [4.78, 5) is 36.2. The van der Waals surface area contributed by atoms with Crippen molar-refractivity contribution in [3.8, 4) is 0 Å². The predicted octanol–water partition coefficient (Wildman–Crippen LogP) is 2.56. The van der Waals surface area contributed by atoms with Gasteiger partial charge in [-0.3, -0.25) is 14.6 Å². The van der Waals surface area contributed by atoms with Gasteiger partial charge in [0.25, 0.3) is 5.56 Å². The second-order valence-electron chi connectivity index (χ2n) is 7.73. The standard InChI is InChI=1S/C23H25FN4O3/c1-31-23(30)16-7-8-18-20(13-16)25-21(26-22(18)29)15-28-10-4-9-27(11-12-28)14-17-5-2-3-6-19(17)24/h2-3,5-8,13H,4,9-12,14-15H2,1H3,(H,25,26,29). The molecule has 0 bridgehead atoms. The van der Waals surface area contributed by atoms with Gasteiger partial charge in [-0.15, -0.1) is 0 Å². The van der Waals surface area contributed by atoms with E-state index in [1.165, 1.54) is 13.2 Å². The topological polar surface area (TPSA) is 78.5 Å². The molecule has 1 aromatic heterocycles. The summed E-state index contributed by atoms with van der Waals surface area (Å²) in [6, 6.07) is 11.6. The molecule has 1 aliphatic heterocycles. The van der Waals surface area contributed by atoms with E-state index in [2.05, 4.69) is 19.8 Å². The molecule has 2 heterocycles. The van der Waals surface area contributed by atoms with Crippen LogP contribution in [0.2, 0.25) is 0 Å². The molecule has 0 atom stereocenters. The lowest BCUT2D eigenvalue weighted by Gasteiger charge is -2.21. The van der Waals surface area contributed by atoms with E-state index in [9.17, 15) is 14.0 Å². The van der Waals surface area contributed by atoms with E-state index < -0.39 is 5.97 Å². The predicted molar refractivity (Wildman–Crippen MR) is 115 cm³/mol. The van der Waals surface area contributed by atoms with Crippen LogP contribution in [0.5, 0.6) is 0 Å². The Labute approximate surface area is 179 Å². The van der Waals surface area contributed by atoms with Gasteiger partial charge in [0.2, 0.25) is 0 Å². The minimum absolute atomic E-state index is 0.173. The molecule has 1 aliphatic rings. The van der Waals surface area contributed by atoms with Crippen LogP contribution >= 0.6 is 0 Å². The van der Waals surface area contributed by atoms with Crippen LogP contribution in [0.4, 0.5) is 4.39 Å². The van der Waals surface area contributed by atoms with Crippen molar-refractivity contribution in [2.45, 2.75) is 19.5 Å². The summed E-state index contributed by atoms with van der Waals surface area (Å²) in [7, 11) is 1.32. The Morgan fingerprint density at radius 2 is 1.84 bits per heavy atom. The number of rotatable bonds is 5. The van der Waals surface area contributed by atoms with Crippen LogP contribution in [-0.4, -0.2) is 59.0 Å². The van der Waals surface area contributed by atoms with Crippen molar-refractivity contribution >= 4 is 16.9 Å². The minimum atomic E-state index is -0.465. The first kappa shape index (κ1) is 21.1. The number of aromatic amines is 1. The van der Waals surface area contributed by atoms with Crippen molar-refractivity contribution in [3.63, 3.8) is 0 Å². The van der Waals surface area contributed by atoms with Gasteiger partial charge < -0.3 is 9.72 Å². The number of esters is 1. The van der Waals surface area contributed by atoms with Crippen molar-refractivity contribution in [1.29, 1.82) is 0 Å². The van der Waals surface area contributed by atoms with Gasteiger partial charge in [-0.25, -0.2) is 14.2 Å². The number of hydrogen-bond acceptors (Lipinski definition) is 6. The molecule has 31 heavy (non-hydrogen) atoms. The van der Waals surface area contributed by atoms with E-state index in [-0.39, 0.29) is 11.4 Å². The summed E-state index contributed by atoms with van der Waals surface area (Å²) in [5, 5.41) is 0.434. The smallest absolute Gasteiger partial charge is 0.337 e. The zero-order chi connectivity index (χ0) is 21.8. The summed E-state index contributed by atoms with van der Waals surface area (Å²) in [5.41, 5.74) is 1.31. The number of methoxy groups -OCH3 is 1. The molecular formula is C23H25FN4O3. The molecule has 8 heteroatoms. The number of nitrogens with zero attached hydrogens (tertiary/aromatic N) is 3. The molecule has 1 N–H and O–H groups in total. The number of H-pyrrole nitrogens is 1. The molecule has 0 saturated carbocycles. The quantitative estimate of drug-likeness (QED) is 0.635. The SMILES string of the molecule is COC(=O)c1ccc2c(=O)[nH]c(CN3CCCN(Cc4ccccc4F)CC3)nc2c1. The van der Waals surface area contributed by atoms with Gasteiger partial charge in [-0.05, 0) is 43.8 Å². The fraction of sp³-hybridized carbons (Fsp3) is 0.348. The first-order chi connectivity index (χ1) is 15.0. The molecule has 7 nitrogen and oxygen atoms in total. The number of ether oxygens (including phenoxy) is 1. The number of fused-ring (bicyclic) bond motifs is 1. The van der Waals surface area contributed by atoms with Gasteiger partial charge in [0.15, 0.2) is 0 Å². The van der Waals surface area contributed by atoms with E-state index in [0.717, 1.165) is 32.6 Å². The van der Waals surface area contributed by atoms with Crippen LogP contribution in [0.25, 0.3) is 10.9 Å². The van der Waals surface area contributed by atoms with Crippen molar-refractivity contribution in [3.05, 3.63) is 75.6 Å². The van der Waals surface area contributed by atoms with Gasteiger partial charge in [0.1, 0.15) is 11.6 Å². The van der Waals surface area contributed by atoms with Crippen LogP contribution in [0, 0.1) is 5.82 Å². The Hall–Kier alpha value is -3.10. The van der Waals surface area contributed by atoms with Crippen molar-refractivity contribution in [2.75, 3.05) is 33.3 Å². The third kappa shape index (κ3) is 4.98. The molecule has 2 aromatic carbocycles. The number of carbonyl (C=O) groups is 1. The zero-order valence-corrected chi connectivity index (χ0v) is 17.4. The largest absolute Gasteiger partial charge is 0.465 e. The highest BCUT2D eigenvalue weighted by molar-refractivity contribution is 5.93. The van der Waals surface area contributed by atoms with E-state index >= 15 is 0 Å². The van der Waals surface area contributed by atoms with Gasteiger partial charge in [-0.2, -0.15) is 0 Å². The zero-order valence-electron chi connectivity index (χ0n) is 17.4. The summed E-state index contributed by atoms with van der Waals surface area (Å²) < 4.78 is 18.7. The number of nitrogens with one attached hydrogen (secondary N) is 1. The summed E-state index contributed by atoms with van der Waals surface area (Å²) in [5.74, 6) is -0.0806. The molecule has 162 valence electrons. The second-order valence-corrected chi connectivity index (χ2v) is 7.73. The first-order valence-corrected chi connectivity index (χ1v) is 10.3. The summed E-state index contributed by atoms with van der Waals surface area (Å²) in [6.07, 6.45) is 0.943. The number of aromatic nitrogens is 2. The lowest BCUT2D eigenvalue weighted by Crippen LogP contribution is -2.31. The molecule has 1 saturated heterocycles. The average molecular weight is 424 g/mol. The normalized spacial score (nSPS) is 15.7. The monoisotopic (exact) mass is 424 g/mol. The van der Waals surface area contributed by atoms with E-state index in [4.69, 9.17) is 4.74 Å². The Balaban J connectivity index is 1.45. The molecule has 0 unspecified atom stereocenters. The fourth-order valence-corrected chi connectivity index (χ4v) is 3.93. The van der Waals surface area contributed by atoms with Gasteiger partial charge in [-0.1, -0.05) is 18.2 Å². The number of benzene rings is 2. The second kappa shape index (κ2) is 9.36. The third-order valence-electron chi connectivity index (χ3n) is 5.58. The van der Waals surface area contributed by atoms with Crippen LogP contribution in [0.15, 0.2) is 47.3 Å². The Bertz CT molecular complexity index is 1150. The van der Waals surface area contributed by atoms with Crippen LogP contribution in [-0.2, 0) is 17.8 Å². The first-order valence-electron chi connectivity index (χ1n) is 10.3. The Morgan fingerprint density at radius 1 is 1.10 bits per heavy atom. The summed E-state index contributed by atoms with van der Waals surface area (Å²) in [6.45, 7) is 4.42. The minimum Gasteiger partial charge on any atom is -0.465 e. The number of carbonyl (C=O) groups excluding carboxylic acids is 1. The molecular weight excluding hydrogens is 399 g/mol. The van der Waals surface area contributed by atoms with Gasteiger partial charge >= 0.3 is 5.97 Å². The fourth-order valence-electron chi connectivity index (χ4n) is 3.93. The van der Waals surface area contributed by atoms with E-state index in [1.807, 2.05) is 12.1 Å². The molecule has 4 rings (SSSR count). The van der Waals surface area contributed by atoms with E-state index in [1.54, 1.807) is 24.3 Å². The Kier molecular flexibility index (Phi) is 6.39. The van der Waals surface area contributed by atoms with Crippen LogP contribution < -0.4 is 5.56 Å². The van der Waals surface area contributed by atoms with Crippen molar-refractivity contribution in [1.82, 2.24) is 19.8 Å². The van der Waals surface area contributed by atoms with Crippen LogP contribution in [0.1, 0.15) is 28.2 Å². The molecule has 0 aliphatic carbocycles. The molecule has 0 spiro atoms. The van der Waals surface area contributed by atoms with Gasteiger partial charge in [0.05, 0.1) is 30.1 Å². The highest BCUT2D eigenvalue weighted by atomic mass is 19.1. The molecule has 3 aromatic rings. The maximum Gasteiger partial charge on any atom is 0.337 e. The van der Waals surface area contributed by atoms with E-state index in [0.29, 0.717) is 40.9 Å². The number of hydrogen-bond donors (Lipinski definition) is 1. The summed E-state index contributed by atoms with van der Waals surface area (Å²) >= 11 is 0. The number of halogens is 1. The third-order valence-corrected chi connectivity index (χ3v) is 5.58. The van der Waals surface area contributed by atoms with Crippen molar-refractivity contribution in [2.24, 2.45) is 0 Å². The highest BCUT2D eigenvalue weighted by Crippen LogP contribution is 2.15. The lowest BCUT2D eigenvalue weighted by atomic mass is 10.1. The maximum atomic E-state index is 14.0. The lowest BCUT2D eigenvalue weighted by molar-refractivity contribution is 0.0601. The molecule has 1 fully saturated rings. The molecule has 0 amide bonds. The van der Waals surface area contributed by atoms with Crippen LogP contribution in [0.3, 0.4) is 0 Å². The highest BCUT2D eigenvalue weighted by Gasteiger charge is 2.18. The Morgan fingerprint density at radius 3 is 2.58 bits per heavy atom. The molecule has 0 radical (unpaired) electrons.